The number of aliphatic imine (C=N–C) groups is 1. The molecule has 0 saturated heterocycles. The number of halogens is 1. The van der Waals surface area contributed by atoms with Gasteiger partial charge in [-0.3, -0.25) is 0 Å². The van der Waals surface area contributed by atoms with E-state index < -0.39 is 5.82 Å². The summed E-state index contributed by atoms with van der Waals surface area (Å²) in [5.41, 5.74) is 10.9. The van der Waals surface area contributed by atoms with Crippen LogP contribution in [0, 0.1) is 29.0 Å². The van der Waals surface area contributed by atoms with E-state index in [9.17, 15) is 4.39 Å². The minimum Gasteiger partial charge on any atom is -0.385 e. The van der Waals surface area contributed by atoms with Crippen LogP contribution in [0.5, 0.6) is 0 Å². The molecule has 1 aromatic carbocycles. The molecule has 0 amide bonds. The molecule has 1 aliphatic carbocycles. The fourth-order valence-corrected chi connectivity index (χ4v) is 4.43. The Morgan fingerprint density at radius 2 is 2.10 bits per heavy atom. The molecule has 3 aliphatic rings. The standard InChI is InChI=1S/C21H22FN7/c22-18-6-5-16(9-15(18)10-23)25-11-13-1-3-14(4-2-13)19-20-17-7-8-24-21(17)26-12-29(20)28-27-19/h5-9,12-14,24-25,27-28H,1-4,11H2. The fraction of sp³-hybridized carbons (Fsp3) is 0.333. The van der Waals surface area contributed by atoms with Crippen molar-refractivity contribution in [3.8, 4) is 6.07 Å². The SMILES string of the molecule is N#Cc1cc(NCC2CCC(C3=C4c5cc[nH]c5N=CN4NN3)CC2)ccc1F. The second-order valence-corrected chi connectivity index (χ2v) is 7.76. The number of rotatable bonds is 4. The van der Waals surface area contributed by atoms with Gasteiger partial charge in [-0.05, 0) is 55.9 Å². The van der Waals surface area contributed by atoms with Crippen LogP contribution in [0.3, 0.4) is 0 Å². The number of nitriles is 1. The maximum absolute atomic E-state index is 13.5. The number of hydrogen-bond acceptors (Lipinski definition) is 6. The van der Waals surface area contributed by atoms with Crippen molar-refractivity contribution in [1.82, 2.24) is 21.0 Å². The zero-order chi connectivity index (χ0) is 19.8. The Hall–Kier alpha value is -3.31. The van der Waals surface area contributed by atoms with Gasteiger partial charge in [-0.25, -0.2) is 14.4 Å². The minimum absolute atomic E-state index is 0.0802. The van der Waals surface area contributed by atoms with Crippen LogP contribution in [0.4, 0.5) is 15.9 Å². The summed E-state index contributed by atoms with van der Waals surface area (Å²) in [4.78, 5) is 7.59. The molecule has 4 N–H and O–H groups in total. The van der Waals surface area contributed by atoms with E-state index in [0.29, 0.717) is 11.8 Å². The number of allylic oxidation sites excluding steroid dienone is 1. The average Bonchev–Trinajstić information content (AvgIpc) is 3.40. The van der Waals surface area contributed by atoms with E-state index in [2.05, 4.69) is 32.3 Å². The summed E-state index contributed by atoms with van der Waals surface area (Å²) in [6.07, 6.45) is 8.17. The van der Waals surface area contributed by atoms with Crippen molar-refractivity contribution < 1.29 is 4.39 Å². The van der Waals surface area contributed by atoms with Crippen molar-refractivity contribution in [2.75, 3.05) is 11.9 Å². The Morgan fingerprint density at radius 1 is 1.24 bits per heavy atom. The first-order chi connectivity index (χ1) is 14.2. The molecule has 7 nitrogen and oxygen atoms in total. The summed E-state index contributed by atoms with van der Waals surface area (Å²) in [5.74, 6) is 1.46. The van der Waals surface area contributed by atoms with Crippen LogP contribution >= 0.6 is 0 Å². The van der Waals surface area contributed by atoms with Crippen LogP contribution < -0.4 is 16.3 Å². The lowest BCUT2D eigenvalue weighted by molar-refractivity contribution is 0.300. The minimum atomic E-state index is -0.474. The summed E-state index contributed by atoms with van der Waals surface area (Å²) in [5, 5.41) is 14.3. The predicted molar refractivity (Wildman–Crippen MR) is 109 cm³/mol. The number of nitrogens with one attached hydrogen (secondary N) is 4. The van der Waals surface area contributed by atoms with E-state index in [-0.39, 0.29) is 5.56 Å². The molecule has 8 heteroatoms. The van der Waals surface area contributed by atoms with Crippen LogP contribution in [0.15, 0.2) is 41.2 Å². The Kier molecular flexibility index (Phi) is 4.45. The maximum Gasteiger partial charge on any atom is 0.141 e. The van der Waals surface area contributed by atoms with Crippen molar-refractivity contribution in [3.05, 3.63) is 53.1 Å². The number of anilines is 1. The van der Waals surface area contributed by atoms with Gasteiger partial charge in [-0.1, -0.05) is 0 Å². The Labute approximate surface area is 168 Å². The quantitative estimate of drug-likeness (QED) is 0.639. The van der Waals surface area contributed by atoms with E-state index in [1.165, 1.54) is 11.8 Å². The van der Waals surface area contributed by atoms with Crippen LogP contribution in [0.2, 0.25) is 0 Å². The number of fused-ring (bicyclic) bond motifs is 3. The highest BCUT2D eigenvalue weighted by Crippen LogP contribution is 2.40. The number of benzene rings is 1. The van der Waals surface area contributed by atoms with Crippen LogP contribution in [-0.2, 0) is 0 Å². The molecule has 1 saturated carbocycles. The highest BCUT2D eigenvalue weighted by Gasteiger charge is 2.34. The van der Waals surface area contributed by atoms with Crippen LogP contribution in [0.1, 0.15) is 36.8 Å². The molecule has 29 heavy (non-hydrogen) atoms. The van der Waals surface area contributed by atoms with Crippen LogP contribution in [0.25, 0.3) is 5.70 Å². The summed E-state index contributed by atoms with van der Waals surface area (Å²) in [7, 11) is 0. The lowest BCUT2D eigenvalue weighted by Crippen LogP contribution is -2.38. The van der Waals surface area contributed by atoms with E-state index in [4.69, 9.17) is 5.26 Å². The first kappa shape index (κ1) is 17.8. The Bertz CT molecular complexity index is 1020. The van der Waals surface area contributed by atoms with Gasteiger partial charge in [0.1, 0.15) is 24.0 Å². The Balaban J connectivity index is 1.22. The van der Waals surface area contributed by atoms with Crippen molar-refractivity contribution in [2.24, 2.45) is 16.8 Å². The maximum atomic E-state index is 13.5. The summed E-state index contributed by atoms with van der Waals surface area (Å²) in [6.45, 7) is 0.835. The average molecular weight is 391 g/mol. The molecule has 0 unspecified atom stereocenters. The van der Waals surface area contributed by atoms with Gasteiger partial charge < -0.3 is 15.7 Å². The molecule has 0 radical (unpaired) electrons. The molecular formula is C21H22FN7. The normalized spacial score (nSPS) is 22.7. The number of aromatic amines is 1. The van der Waals surface area contributed by atoms with Gasteiger partial charge in [0.25, 0.3) is 0 Å². The van der Waals surface area contributed by atoms with E-state index in [1.54, 1.807) is 18.5 Å². The molecule has 148 valence electrons. The summed E-state index contributed by atoms with van der Waals surface area (Å²) >= 11 is 0. The first-order valence-corrected chi connectivity index (χ1v) is 9.93. The molecule has 2 aliphatic heterocycles. The molecular weight excluding hydrogens is 369 g/mol. The highest BCUT2D eigenvalue weighted by atomic mass is 19.1. The molecule has 1 fully saturated rings. The third kappa shape index (κ3) is 3.23. The monoisotopic (exact) mass is 391 g/mol. The van der Waals surface area contributed by atoms with Gasteiger partial charge in [0.15, 0.2) is 0 Å². The topological polar surface area (TPSA) is 91.3 Å². The number of hydrazine groups is 2. The molecule has 3 heterocycles. The van der Waals surface area contributed by atoms with Crippen molar-refractivity contribution in [2.45, 2.75) is 25.7 Å². The van der Waals surface area contributed by atoms with E-state index >= 15 is 0 Å². The second kappa shape index (κ2) is 7.26. The largest absolute Gasteiger partial charge is 0.385 e. The molecule has 0 atom stereocenters. The van der Waals surface area contributed by atoms with Gasteiger partial charge in [0.2, 0.25) is 0 Å². The Morgan fingerprint density at radius 3 is 2.93 bits per heavy atom. The number of nitrogens with zero attached hydrogens (tertiary/aromatic N) is 3. The zero-order valence-electron chi connectivity index (χ0n) is 15.9. The molecule has 5 rings (SSSR count). The predicted octanol–water partition coefficient (Wildman–Crippen LogP) is 3.61. The smallest absolute Gasteiger partial charge is 0.141 e. The molecule has 2 aromatic rings. The number of H-pyrrole nitrogens is 1. The lowest BCUT2D eigenvalue weighted by atomic mass is 9.79. The lowest BCUT2D eigenvalue weighted by Gasteiger charge is -2.30. The molecule has 1 aromatic heterocycles. The van der Waals surface area contributed by atoms with Gasteiger partial charge in [0, 0.05) is 29.9 Å². The van der Waals surface area contributed by atoms with Crippen molar-refractivity contribution in [1.29, 1.82) is 5.26 Å². The number of hydrogen-bond donors (Lipinski definition) is 4. The molecule has 0 spiro atoms. The van der Waals surface area contributed by atoms with E-state index in [0.717, 1.165) is 55.0 Å². The summed E-state index contributed by atoms with van der Waals surface area (Å²) in [6, 6.07) is 8.57. The zero-order valence-corrected chi connectivity index (χ0v) is 15.9. The fourth-order valence-electron chi connectivity index (χ4n) is 4.43. The second-order valence-electron chi connectivity index (χ2n) is 7.76. The third-order valence-electron chi connectivity index (χ3n) is 6.03. The van der Waals surface area contributed by atoms with Crippen molar-refractivity contribution >= 4 is 23.5 Å². The van der Waals surface area contributed by atoms with Gasteiger partial charge >= 0.3 is 0 Å². The highest BCUT2D eigenvalue weighted by molar-refractivity contribution is 5.87. The summed E-state index contributed by atoms with van der Waals surface area (Å²) < 4.78 is 13.5. The van der Waals surface area contributed by atoms with Crippen molar-refractivity contribution in [3.63, 3.8) is 0 Å². The third-order valence-corrected chi connectivity index (χ3v) is 6.03. The van der Waals surface area contributed by atoms with Crippen LogP contribution in [-0.4, -0.2) is 22.9 Å². The number of aromatic nitrogens is 1. The van der Waals surface area contributed by atoms with Gasteiger partial charge in [-0.2, -0.15) is 5.26 Å². The molecule has 0 bridgehead atoms. The van der Waals surface area contributed by atoms with Gasteiger partial charge in [-0.15, -0.1) is 5.53 Å². The first-order valence-electron chi connectivity index (χ1n) is 9.93. The van der Waals surface area contributed by atoms with Gasteiger partial charge in [0.05, 0.1) is 17.0 Å². The van der Waals surface area contributed by atoms with E-state index in [1.807, 2.05) is 17.3 Å².